The molecular weight excluding hydrogens is 300 g/mol. The molecule has 0 radical (unpaired) electrons. The maximum absolute atomic E-state index is 5.86. The minimum absolute atomic E-state index is 0.366. The molecule has 0 saturated carbocycles. The summed E-state index contributed by atoms with van der Waals surface area (Å²) in [4.78, 5) is 6.83. The Morgan fingerprint density at radius 2 is 2.00 bits per heavy atom. The minimum Gasteiger partial charge on any atom is -0.492 e. The second-order valence-electron chi connectivity index (χ2n) is 6.51. The maximum atomic E-state index is 5.86. The average molecular weight is 332 g/mol. The van der Waals surface area contributed by atoms with Crippen molar-refractivity contribution in [2.24, 2.45) is 10.7 Å². The third-order valence-electron chi connectivity index (χ3n) is 4.49. The van der Waals surface area contributed by atoms with Crippen molar-refractivity contribution in [3.63, 3.8) is 0 Å². The van der Waals surface area contributed by atoms with Crippen LogP contribution in [0, 0.1) is 0 Å². The summed E-state index contributed by atoms with van der Waals surface area (Å²) in [5.74, 6) is 1.48. The Morgan fingerprint density at radius 3 is 2.67 bits per heavy atom. The Kier molecular flexibility index (Phi) is 7.89. The standard InChI is InChI=1S/C19H32N4O/c1-3-16(2)22-19(20)21-11-10-17-6-8-18(9-7-17)24-15-14-23-12-4-5-13-23/h6-9,16H,3-5,10-15H2,1-2H3,(H3,20,21,22). The van der Waals surface area contributed by atoms with Crippen molar-refractivity contribution in [2.45, 2.75) is 45.6 Å². The summed E-state index contributed by atoms with van der Waals surface area (Å²) in [6.45, 7) is 9.16. The van der Waals surface area contributed by atoms with Crippen LogP contribution < -0.4 is 15.8 Å². The summed E-state index contributed by atoms with van der Waals surface area (Å²) in [6, 6.07) is 8.68. The molecule has 1 aliphatic heterocycles. The van der Waals surface area contributed by atoms with Crippen molar-refractivity contribution < 1.29 is 4.74 Å². The van der Waals surface area contributed by atoms with Crippen LogP contribution >= 0.6 is 0 Å². The zero-order valence-corrected chi connectivity index (χ0v) is 15.1. The second-order valence-corrected chi connectivity index (χ2v) is 6.51. The predicted molar refractivity (Wildman–Crippen MR) is 101 cm³/mol. The van der Waals surface area contributed by atoms with Crippen LogP contribution in [0.3, 0.4) is 0 Å². The molecular formula is C19H32N4O. The first kappa shape index (κ1) is 18.6. The van der Waals surface area contributed by atoms with E-state index in [2.05, 4.69) is 41.2 Å². The van der Waals surface area contributed by atoms with E-state index in [9.17, 15) is 0 Å². The van der Waals surface area contributed by atoms with Crippen molar-refractivity contribution in [1.82, 2.24) is 10.2 Å². The summed E-state index contributed by atoms with van der Waals surface area (Å²) in [5, 5.41) is 3.17. The van der Waals surface area contributed by atoms with Gasteiger partial charge in [0.2, 0.25) is 0 Å². The van der Waals surface area contributed by atoms with Gasteiger partial charge in [-0.3, -0.25) is 9.89 Å². The molecule has 2 rings (SSSR count). The number of nitrogens with zero attached hydrogens (tertiary/aromatic N) is 2. The highest BCUT2D eigenvalue weighted by molar-refractivity contribution is 5.78. The molecule has 1 atom stereocenters. The quantitative estimate of drug-likeness (QED) is 0.538. The van der Waals surface area contributed by atoms with Crippen LogP contribution in [0.4, 0.5) is 0 Å². The lowest BCUT2D eigenvalue weighted by Crippen LogP contribution is -2.38. The lowest BCUT2D eigenvalue weighted by atomic mass is 10.1. The van der Waals surface area contributed by atoms with Gasteiger partial charge >= 0.3 is 0 Å². The summed E-state index contributed by atoms with van der Waals surface area (Å²) in [6.07, 6.45) is 4.58. The van der Waals surface area contributed by atoms with E-state index in [-0.39, 0.29) is 0 Å². The molecule has 1 heterocycles. The lowest BCUT2D eigenvalue weighted by molar-refractivity contribution is 0.238. The Labute approximate surface area is 146 Å². The van der Waals surface area contributed by atoms with Gasteiger partial charge in [0.1, 0.15) is 12.4 Å². The summed E-state index contributed by atoms with van der Waals surface area (Å²) < 4.78 is 5.82. The van der Waals surface area contributed by atoms with E-state index >= 15 is 0 Å². The van der Waals surface area contributed by atoms with Gasteiger partial charge in [-0.25, -0.2) is 0 Å². The van der Waals surface area contributed by atoms with E-state index < -0.39 is 0 Å². The number of benzene rings is 1. The number of hydrogen-bond donors (Lipinski definition) is 2. The molecule has 24 heavy (non-hydrogen) atoms. The molecule has 1 fully saturated rings. The van der Waals surface area contributed by atoms with Gasteiger partial charge in [-0.1, -0.05) is 19.1 Å². The molecule has 5 nitrogen and oxygen atoms in total. The van der Waals surface area contributed by atoms with Crippen LogP contribution in [-0.2, 0) is 6.42 Å². The van der Waals surface area contributed by atoms with Gasteiger partial charge in [0, 0.05) is 19.1 Å². The van der Waals surface area contributed by atoms with E-state index in [1.165, 1.54) is 31.5 Å². The Bertz CT molecular complexity index is 495. The molecule has 0 aromatic heterocycles. The van der Waals surface area contributed by atoms with Crippen molar-refractivity contribution in [1.29, 1.82) is 0 Å². The van der Waals surface area contributed by atoms with Crippen molar-refractivity contribution in [3.8, 4) is 5.75 Å². The third-order valence-corrected chi connectivity index (χ3v) is 4.49. The van der Waals surface area contributed by atoms with E-state index in [4.69, 9.17) is 10.5 Å². The largest absolute Gasteiger partial charge is 0.492 e. The molecule has 1 aliphatic rings. The topological polar surface area (TPSA) is 62.9 Å². The molecule has 1 saturated heterocycles. The average Bonchev–Trinajstić information content (AvgIpc) is 3.09. The van der Waals surface area contributed by atoms with Crippen LogP contribution in [-0.4, -0.2) is 49.7 Å². The van der Waals surface area contributed by atoms with Crippen LogP contribution in [0.25, 0.3) is 0 Å². The second kappa shape index (κ2) is 10.2. The van der Waals surface area contributed by atoms with Gasteiger partial charge in [0.25, 0.3) is 0 Å². The van der Waals surface area contributed by atoms with Gasteiger partial charge in [-0.15, -0.1) is 0 Å². The first-order chi connectivity index (χ1) is 11.7. The van der Waals surface area contributed by atoms with Gasteiger partial charge in [-0.05, 0) is 63.4 Å². The number of aliphatic imine (C=N–C) groups is 1. The van der Waals surface area contributed by atoms with E-state index in [1.54, 1.807) is 0 Å². The Morgan fingerprint density at radius 1 is 1.29 bits per heavy atom. The SMILES string of the molecule is CCC(C)NC(N)=NCCc1ccc(OCCN2CCCC2)cc1. The van der Waals surface area contributed by atoms with Crippen molar-refractivity contribution in [3.05, 3.63) is 29.8 Å². The number of ether oxygens (including phenoxy) is 1. The number of hydrogen-bond acceptors (Lipinski definition) is 3. The van der Waals surface area contributed by atoms with Gasteiger partial charge in [0.05, 0.1) is 0 Å². The molecule has 0 spiro atoms. The van der Waals surface area contributed by atoms with Crippen molar-refractivity contribution >= 4 is 5.96 Å². The van der Waals surface area contributed by atoms with Crippen LogP contribution in [0.1, 0.15) is 38.7 Å². The highest BCUT2D eigenvalue weighted by Crippen LogP contribution is 2.13. The van der Waals surface area contributed by atoms with Crippen LogP contribution in [0.15, 0.2) is 29.3 Å². The third kappa shape index (κ3) is 6.79. The Balaban J connectivity index is 1.66. The summed E-state index contributed by atoms with van der Waals surface area (Å²) in [7, 11) is 0. The molecule has 0 aliphatic carbocycles. The number of guanidine groups is 1. The van der Waals surface area contributed by atoms with Crippen LogP contribution in [0.2, 0.25) is 0 Å². The fourth-order valence-corrected chi connectivity index (χ4v) is 2.76. The molecule has 0 bridgehead atoms. The summed E-state index contributed by atoms with van der Waals surface area (Å²) in [5.41, 5.74) is 7.11. The monoisotopic (exact) mass is 332 g/mol. The lowest BCUT2D eigenvalue weighted by Gasteiger charge is -2.15. The summed E-state index contributed by atoms with van der Waals surface area (Å²) >= 11 is 0. The fourth-order valence-electron chi connectivity index (χ4n) is 2.76. The highest BCUT2D eigenvalue weighted by Gasteiger charge is 2.10. The van der Waals surface area contributed by atoms with Gasteiger partial charge in [0.15, 0.2) is 5.96 Å². The fraction of sp³-hybridized carbons (Fsp3) is 0.632. The smallest absolute Gasteiger partial charge is 0.188 e. The molecule has 1 aromatic rings. The molecule has 1 aromatic carbocycles. The normalized spacial score (nSPS) is 17.0. The predicted octanol–water partition coefficient (Wildman–Crippen LogP) is 2.41. The van der Waals surface area contributed by atoms with Gasteiger partial charge in [-0.2, -0.15) is 0 Å². The zero-order valence-electron chi connectivity index (χ0n) is 15.1. The van der Waals surface area contributed by atoms with E-state index in [0.29, 0.717) is 18.5 Å². The maximum Gasteiger partial charge on any atom is 0.188 e. The number of nitrogens with one attached hydrogen (secondary N) is 1. The van der Waals surface area contributed by atoms with E-state index in [1.807, 2.05) is 12.1 Å². The Hall–Kier alpha value is -1.75. The van der Waals surface area contributed by atoms with Gasteiger partial charge < -0.3 is 15.8 Å². The number of nitrogens with two attached hydrogens (primary N) is 1. The van der Waals surface area contributed by atoms with Crippen molar-refractivity contribution in [2.75, 3.05) is 32.8 Å². The number of likely N-dealkylation sites (tertiary alicyclic amines) is 1. The molecule has 3 N–H and O–H groups in total. The minimum atomic E-state index is 0.366. The first-order valence-corrected chi connectivity index (χ1v) is 9.18. The molecule has 1 unspecified atom stereocenters. The molecule has 134 valence electrons. The molecule has 5 heteroatoms. The van der Waals surface area contributed by atoms with E-state index in [0.717, 1.165) is 31.7 Å². The highest BCUT2D eigenvalue weighted by atomic mass is 16.5. The zero-order chi connectivity index (χ0) is 17.2. The number of rotatable bonds is 9. The molecule has 0 amide bonds. The first-order valence-electron chi connectivity index (χ1n) is 9.18. The van der Waals surface area contributed by atoms with Crippen LogP contribution in [0.5, 0.6) is 5.75 Å².